The number of phenolic OH excluding ortho intramolecular Hbond substituents is 2. The van der Waals surface area contributed by atoms with E-state index in [0.29, 0.717) is 5.56 Å². The van der Waals surface area contributed by atoms with Gasteiger partial charge in [0.05, 0.1) is 5.75 Å². The van der Waals surface area contributed by atoms with Crippen LogP contribution in [0.2, 0.25) is 0 Å². The molecule has 0 saturated heterocycles. The molecule has 0 aliphatic rings. The maximum atomic E-state index is 11.6. The number of hydrogen-bond acceptors (Lipinski definition) is 5. The predicted molar refractivity (Wildman–Crippen MR) is 73.7 cm³/mol. The zero-order valence-electron chi connectivity index (χ0n) is 11.3. The summed E-state index contributed by atoms with van der Waals surface area (Å²) in [5.41, 5.74) is 0.694. The van der Waals surface area contributed by atoms with Crippen LogP contribution in [0.3, 0.4) is 0 Å². The summed E-state index contributed by atoms with van der Waals surface area (Å²) in [7, 11) is -0.236. The van der Waals surface area contributed by atoms with Crippen molar-refractivity contribution in [1.29, 1.82) is 0 Å². The van der Waals surface area contributed by atoms with E-state index in [2.05, 4.69) is 5.32 Å². The van der Waals surface area contributed by atoms with Crippen LogP contribution in [-0.2, 0) is 10.0 Å². The van der Waals surface area contributed by atoms with Gasteiger partial charge in [0, 0.05) is 32.7 Å². The Kier molecular flexibility index (Phi) is 5.16. The molecule has 0 saturated carbocycles. The van der Waals surface area contributed by atoms with E-state index >= 15 is 0 Å². The number of sulfonamides is 1. The highest BCUT2D eigenvalue weighted by Gasteiger charge is 2.14. The lowest BCUT2D eigenvalue weighted by atomic mass is 10.1. The van der Waals surface area contributed by atoms with Crippen LogP contribution in [0.4, 0.5) is 0 Å². The molecule has 0 fully saturated rings. The number of phenols is 2. The maximum absolute atomic E-state index is 11.6. The van der Waals surface area contributed by atoms with Gasteiger partial charge in [-0.15, -0.1) is 0 Å². The van der Waals surface area contributed by atoms with E-state index in [0.717, 1.165) is 0 Å². The zero-order valence-corrected chi connectivity index (χ0v) is 12.1. The van der Waals surface area contributed by atoms with E-state index in [-0.39, 0.29) is 29.8 Å². The van der Waals surface area contributed by atoms with Crippen molar-refractivity contribution in [2.45, 2.75) is 13.0 Å². The molecule has 0 spiro atoms. The van der Waals surface area contributed by atoms with Gasteiger partial charge in [-0.3, -0.25) is 0 Å². The fourth-order valence-corrected chi connectivity index (χ4v) is 2.31. The van der Waals surface area contributed by atoms with Gasteiger partial charge >= 0.3 is 0 Å². The van der Waals surface area contributed by atoms with Gasteiger partial charge < -0.3 is 15.5 Å². The van der Waals surface area contributed by atoms with Gasteiger partial charge in [0.1, 0.15) is 11.5 Å². The van der Waals surface area contributed by atoms with Crippen molar-refractivity contribution in [3.05, 3.63) is 23.8 Å². The Morgan fingerprint density at radius 3 is 2.21 bits per heavy atom. The van der Waals surface area contributed by atoms with Gasteiger partial charge in [-0.2, -0.15) is 0 Å². The zero-order chi connectivity index (χ0) is 14.6. The van der Waals surface area contributed by atoms with E-state index in [9.17, 15) is 18.6 Å². The van der Waals surface area contributed by atoms with Crippen LogP contribution in [0, 0.1) is 0 Å². The average molecular weight is 288 g/mol. The molecule has 6 nitrogen and oxygen atoms in total. The smallest absolute Gasteiger partial charge is 0.214 e. The molecule has 1 unspecified atom stereocenters. The first-order valence-electron chi connectivity index (χ1n) is 5.89. The number of hydrogen-bond donors (Lipinski definition) is 3. The van der Waals surface area contributed by atoms with Crippen molar-refractivity contribution >= 4 is 10.0 Å². The molecule has 19 heavy (non-hydrogen) atoms. The number of aromatic hydroxyl groups is 2. The third kappa shape index (κ3) is 4.70. The minimum absolute atomic E-state index is 0.00482. The summed E-state index contributed by atoms with van der Waals surface area (Å²) in [4.78, 5) is 0. The fourth-order valence-electron chi connectivity index (χ4n) is 1.57. The monoisotopic (exact) mass is 288 g/mol. The Balaban J connectivity index is 2.59. The third-order valence-electron chi connectivity index (χ3n) is 2.79. The first-order chi connectivity index (χ1) is 8.72. The summed E-state index contributed by atoms with van der Waals surface area (Å²) in [6, 6.07) is 4.12. The van der Waals surface area contributed by atoms with E-state index in [1.165, 1.54) is 36.6 Å². The SMILES string of the molecule is CC(NCCS(=O)(=O)N(C)C)c1cc(O)cc(O)c1. The van der Waals surface area contributed by atoms with Gasteiger partial charge in [-0.05, 0) is 24.6 Å². The lowest BCUT2D eigenvalue weighted by molar-refractivity contribution is 0.446. The molecule has 0 aliphatic heterocycles. The van der Waals surface area contributed by atoms with E-state index in [1.54, 1.807) is 0 Å². The number of nitrogens with one attached hydrogen (secondary N) is 1. The molecule has 3 N–H and O–H groups in total. The van der Waals surface area contributed by atoms with Crippen LogP contribution in [0.1, 0.15) is 18.5 Å². The Morgan fingerprint density at radius 2 is 1.74 bits per heavy atom. The molecule has 0 radical (unpaired) electrons. The second-order valence-corrected chi connectivity index (χ2v) is 6.86. The second kappa shape index (κ2) is 6.23. The highest BCUT2D eigenvalue weighted by atomic mass is 32.2. The van der Waals surface area contributed by atoms with Crippen molar-refractivity contribution < 1.29 is 18.6 Å². The van der Waals surface area contributed by atoms with Crippen LogP contribution in [0.15, 0.2) is 18.2 Å². The van der Waals surface area contributed by atoms with Crippen molar-refractivity contribution in [3.63, 3.8) is 0 Å². The molecule has 0 aliphatic carbocycles. The third-order valence-corrected chi connectivity index (χ3v) is 4.62. The van der Waals surface area contributed by atoms with E-state index < -0.39 is 10.0 Å². The standard InChI is InChI=1S/C12H20N2O4S/c1-9(10-6-11(15)8-12(16)7-10)13-4-5-19(17,18)14(2)3/h6-9,13,15-16H,4-5H2,1-3H3. The molecule has 7 heteroatoms. The summed E-state index contributed by atoms with van der Waals surface area (Å²) in [5, 5.41) is 21.8. The summed E-state index contributed by atoms with van der Waals surface area (Å²) < 4.78 is 24.3. The Morgan fingerprint density at radius 1 is 1.21 bits per heavy atom. The lowest BCUT2D eigenvalue weighted by Crippen LogP contribution is -2.32. The Labute approximate surface area is 113 Å². The van der Waals surface area contributed by atoms with Gasteiger partial charge in [-0.1, -0.05) is 0 Å². The van der Waals surface area contributed by atoms with Gasteiger partial charge in [0.25, 0.3) is 0 Å². The first kappa shape index (κ1) is 15.7. The maximum Gasteiger partial charge on any atom is 0.214 e. The van der Waals surface area contributed by atoms with E-state index in [4.69, 9.17) is 0 Å². The van der Waals surface area contributed by atoms with Crippen LogP contribution in [0.25, 0.3) is 0 Å². The molecular weight excluding hydrogens is 268 g/mol. The minimum Gasteiger partial charge on any atom is -0.508 e. The first-order valence-corrected chi connectivity index (χ1v) is 7.50. The fraction of sp³-hybridized carbons (Fsp3) is 0.500. The highest BCUT2D eigenvalue weighted by molar-refractivity contribution is 7.89. The highest BCUT2D eigenvalue weighted by Crippen LogP contribution is 2.24. The number of benzene rings is 1. The van der Waals surface area contributed by atoms with Gasteiger partial charge in [0.2, 0.25) is 10.0 Å². The summed E-state index contributed by atoms with van der Waals surface area (Å²) >= 11 is 0. The molecule has 108 valence electrons. The molecule has 1 rings (SSSR count). The van der Waals surface area contributed by atoms with Crippen LogP contribution in [0.5, 0.6) is 11.5 Å². The molecule has 1 atom stereocenters. The molecule has 1 aromatic rings. The van der Waals surface area contributed by atoms with Crippen LogP contribution >= 0.6 is 0 Å². The minimum atomic E-state index is -3.22. The quantitative estimate of drug-likeness (QED) is 0.715. The molecular formula is C12H20N2O4S. The van der Waals surface area contributed by atoms with Gasteiger partial charge in [-0.25, -0.2) is 12.7 Å². The summed E-state index contributed by atoms with van der Waals surface area (Å²) in [6.45, 7) is 2.12. The molecule has 1 aromatic carbocycles. The van der Waals surface area contributed by atoms with Crippen LogP contribution in [-0.4, -0.2) is 49.3 Å². The van der Waals surface area contributed by atoms with Crippen molar-refractivity contribution in [2.24, 2.45) is 0 Å². The Bertz CT molecular complexity index is 508. The van der Waals surface area contributed by atoms with Crippen LogP contribution < -0.4 is 5.32 Å². The summed E-state index contributed by atoms with van der Waals surface area (Å²) in [6.07, 6.45) is 0. The number of nitrogens with zero attached hydrogens (tertiary/aromatic N) is 1. The largest absolute Gasteiger partial charge is 0.508 e. The normalized spacial score (nSPS) is 13.7. The van der Waals surface area contributed by atoms with Gasteiger partial charge in [0.15, 0.2) is 0 Å². The van der Waals surface area contributed by atoms with E-state index in [1.807, 2.05) is 6.92 Å². The van der Waals surface area contributed by atoms with Crippen molar-refractivity contribution in [1.82, 2.24) is 9.62 Å². The average Bonchev–Trinajstić information content (AvgIpc) is 2.27. The molecule has 0 aromatic heterocycles. The van der Waals surface area contributed by atoms with Crippen molar-refractivity contribution in [2.75, 3.05) is 26.4 Å². The number of rotatable bonds is 6. The second-order valence-electron chi connectivity index (χ2n) is 4.56. The van der Waals surface area contributed by atoms with Crippen molar-refractivity contribution in [3.8, 4) is 11.5 Å². The lowest BCUT2D eigenvalue weighted by Gasteiger charge is -2.16. The summed E-state index contributed by atoms with van der Waals surface area (Å²) in [5.74, 6) is -0.0519. The molecule has 0 amide bonds. The Hall–Kier alpha value is -1.31. The molecule has 0 heterocycles. The topological polar surface area (TPSA) is 89.9 Å². The predicted octanol–water partition coefficient (Wildman–Crippen LogP) is 0.640. The molecule has 0 bridgehead atoms.